The summed E-state index contributed by atoms with van der Waals surface area (Å²) in [5.74, 6) is -1.69. The lowest BCUT2D eigenvalue weighted by Crippen LogP contribution is -2.34. The summed E-state index contributed by atoms with van der Waals surface area (Å²) >= 11 is 0. The molecule has 0 bridgehead atoms. The molecule has 1 amide bonds. The first kappa shape index (κ1) is 45.7. The average Bonchev–Trinajstić information content (AvgIpc) is 3.51. The van der Waals surface area contributed by atoms with Gasteiger partial charge in [-0.15, -0.1) is 15.0 Å². The molecular formula is C41H51FN4O11. The lowest BCUT2D eigenvalue weighted by atomic mass is 9.93. The van der Waals surface area contributed by atoms with Gasteiger partial charge in [-0.1, -0.05) is 62.9 Å². The predicted molar refractivity (Wildman–Crippen MR) is 212 cm³/mol. The number of hydrogen-bond donors (Lipinski definition) is 3. The molecule has 0 saturated carbocycles. The third-order valence-electron chi connectivity index (χ3n) is 8.72. The van der Waals surface area contributed by atoms with Crippen molar-refractivity contribution < 1.29 is 48.4 Å². The Labute approximate surface area is 330 Å². The number of ether oxygens (including phenoxy) is 2. The number of halogens is 1. The largest absolute Gasteiger partial charge is 0.466 e. The van der Waals surface area contributed by atoms with Crippen LogP contribution in [0.15, 0.2) is 90.8 Å². The van der Waals surface area contributed by atoms with Crippen molar-refractivity contribution >= 4 is 23.1 Å². The molecule has 0 spiro atoms. The standard InChI is InChI=1S/C41H51FN4O11/c1-6-12-29(13-7-2)37-38(41(50)43-32-14-9-8-10-15-32)39(27(3)4)45(40(37)30-16-18-31(42)19-17-30)21-20-33(47)24-34(48)25-36(49)55-23-11-22-54-26-35(57-46(52)53)28(5)56-44-51/h6-10,12-19,27-28,33-35,47-48H,1,11,20-26H2,2-5H3,(H,43,50)/b13-7-,29-12+/t28?,33-,34-,35?/m1/s1. The highest BCUT2D eigenvalue weighted by atomic mass is 19.1. The molecule has 3 aromatic rings. The van der Waals surface area contributed by atoms with Crippen molar-refractivity contribution in [3.8, 4) is 11.3 Å². The molecule has 3 N–H and O–H groups in total. The summed E-state index contributed by atoms with van der Waals surface area (Å²) in [7, 11) is 0. The second-order valence-electron chi connectivity index (χ2n) is 13.4. The van der Waals surface area contributed by atoms with Crippen molar-refractivity contribution in [3.63, 3.8) is 0 Å². The van der Waals surface area contributed by atoms with Crippen LogP contribution in [0.3, 0.4) is 0 Å². The Hall–Kier alpha value is -5.71. The molecule has 4 atom stereocenters. The molecule has 0 aliphatic heterocycles. The van der Waals surface area contributed by atoms with E-state index in [9.17, 15) is 39.2 Å². The van der Waals surface area contributed by atoms with Gasteiger partial charge in [0.15, 0.2) is 17.5 Å². The van der Waals surface area contributed by atoms with Gasteiger partial charge in [0.25, 0.3) is 11.0 Å². The number of esters is 1. The minimum Gasteiger partial charge on any atom is -0.466 e. The molecule has 0 radical (unpaired) electrons. The van der Waals surface area contributed by atoms with E-state index < -0.39 is 47.7 Å². The van der Waals surface area contributed by atoms with E-state index in [0.29, 0.717) is 39.3 Å². The van der Waals surface area contributed by atoms with E-state index in [2.05, 4.69) is 26.9 Å². The first-order chi connectivity index (χ1) is 27.3. The summed E-state index contributed by atoms with van der Waals surface area (Å²) in [5, 5.41) is 36.7. The number of allylic oxidation sites excluding steroid dienone is 5. The van der Waals surface area contributed by atoms with Gasteiger partial charge in [-0.25, -0.2) is 4.39 Å². The molecule has 2 aromatic carbocycles. The maximum absolute atomic E-state index is 14.3. The third-order valence-corrected chi connectivity index (χ3v) is 8.72. The van der Waals surface area contributed by atoms with Crippen molar-refractivity contribution in [2.75, 3.05) is 25.1 Å². The number of carbonyl (C=O) groups is 2. The zero-order valence-corrected chi connectivity index (χ0v) is 32.5. The van der Waals surface area contributed by atoms with Gasteiger partial charge in [0.05, 0.1) is 43.1 Å². The van der Waals surface area contributed by atoms with Gasteiger partial charge in [0.2, 0.25) is 0 Å². The van der Waals surface area contributed by atoms with Crippen LogP contribution in [0.4, 0.5) is 10.1 Å². The first-order valence-corrected chi connectivity index (χ1v) is 18.5. The number of rotatable bonds is 25. The molecule has 15 nitrogen and oxygen atoms in total. The van der Waals surface area contributed by atoms with E-state index in [1.807, 2.05) is 55.7 Å². The Balaban J connectivity index is 1.78. The summed E-state index contributed by atoms with van der Waals surface area (Å²) in [6, 6.07) is 15.0. The second-order valence-corrected chi connectivity index (χ2v) is 13.4. The maximum atomic E-state index is 14.3. The summed E-state index contributed by atoms with van der Waals surface area (Å²) in [6.45, 7) is 10.9. The minimum atomic E-state index is -1.23. The van der Waals surface area contributed by atoms with Gasteiger partial charge in [0.1, 0.15) is 5.82 Å². The fourth-order valence-electron chi connectivity index (χ4n) is 6.22. The van der Waals surface area contributed by atoms with Gasteiger partial charge < -0.3 is 39.2 Å². The van der Waals surface area contributed by atoms with Crippen LogP contribution in [0, 0.1) is 20.8 Å². The van der Waals surface area contributed by atoms with E-state index in [1.54, 1.807) is 36.4 Å². The van der Waals surface area contributed by atoms with E-state index in [1.165, 1.54) is 19.1 Å². The zero-order valence-electron chi connectivity index (χ0n) is 32.5. The highest BCUT2D eigenvalue weighted by Gasteiger charge is 2.31. The molecule has 0 aliphatic rings. The minimum absolute atomic E-state index is 0.0297. The van der Waals surface area contributed by atoms with Crippen LogP contribution in [-0.2, 0) is 30.5 Å². The fraction of sp³-hybridized carbons (Fsp3) is 0.415. The number of hydrogen-bond acceptors (Lipinski definition) is 12. The van der Waals surface area contributed by atoms with Crippen molar-refractivity contribution in [3.05, 3.63) is 123 Å². The van der Waals surface area contributed by atoms with Crippen LogP contribution >= 0.6 is 0 Å². The van der Waals surface area contributed by atoms with Gasteiger partial charge in [-0.2, -0.15) is 0 Å². The molecule has 1 heterocycles. The van der Waals surface area contributed by atoms with E-state index in [4.69, 9.17) is 9.47 Å². The fourth-order valence-corrected chi connectivity index (χ4v) is 6.22. The average molecular weight is 795 g/mol. The number of nitrogens with one attached hydrogen (secondary N) is 1. The number of aliphatic hydroxyl groups excluding tert-OH is 2. The van der Waals surface area contributed by atoms with E-state index >= 15 is 0 Å². The number of aromatic nitrogens is 1. The number of anilines is 1. The number of amides is 1. The second kappa shape index (κ2) is 23.4. The highest BCUT2D eigenvalue weighted by Crippen LogP contribution is 2.41. The summed E-state index contributed by atoms with van der Waals surface area (Å²) in [4.78, 5) is 56.6. The van der Waals surface area contributed by atoms with Crippen molar-refractivity contribution in [1.82, 2.24) is 4.57 Å². The molecule has 0 aliphatic carbocycles. The number of nitrogens with zero attached hydrogens (tertiary/aromatic N) is 3. The van der Waals surface area contributed by atoms with Crippen molar-refractivity contribution in [1.29, 1.82) is 0 Å². The molecule has 2 unspecified atom stereocenters. The molecule has 0 saturated heterocycles. The van der Waals surface area contributed by atoms with Gasteiger partial charge in [-0.05, 0) is 80.1 Å². The molecule has 16 heteroatoms. The zero-order chi connectivity index (χ0) is 41.9. The Bertz CT molecular complexity index is 1840. The van der Waals surface area contributed by atoms with Crippen LogP contribution in [0.25, 0.3) is 16.8 Å². The Morgan fingerprint density at radius 1 is 1.05 bits per heavy atom. The lowest BCUT2D eigenvalue weighted by molar-refractivity contribution is -0.771. The van der Waals surface area contributed by atoms with Gasteiger partial charge in [0, 0.05) is 36.5 Å². The number of benzene rings is 2. The molecule has 0 fully saturated rings. The molecule has 57 heavy (non-hydrogen) atoms. The summed E-state index contributed by atoms with van der Waals surface area (Å²) < 4.78 is 26.7. The highest BCUT2D eigenvalue weighted by molar-refractivity contribution is 6.11. The summed E-state index contributed by atoms with van der Waals surface area (Å²) in [6.07, 6.45) is 2.38. The molecule has 1 aromatic heterocycles. The Morgan fingerprint density at radius 3 is 2.37 bits per heavy atom. The molecular weight excluding hydrogens is 743 g/mol. The Kier molecular flexibility index (Phi) is 18.7. The monoisotopic (exact) mass is 794 g/mol. The van der Waals surface area contributed by atoms with Crippen LogP contribution in [0.1, 0.15) is 80.9 Å². The van der Waals surface area contributed by atoms with Crippen LogP contribution in [-0.4, -0.2) is 76.0 Å². The first-order valence-electron chi connectivity index (χ1n) is 18.5. The van der Waals surface area contributed by atoms with Crippen LogP contribution in [0.2, 0.25) is 0 Å². The molecule has 308 valence electrons. The van der Waals surface area contributed by atoms with Crippen molar-refractivity contribution in [2.45, 2.75) is 90.3 Å². The lowest BCUT2D eigenvalue weighted by Gasteiger charge is -2.20. The van der Waals surface area contributed by atoms with Gasteiger partial charge in [-0.3, -0.25) is 9.59 Å². The Morgan fingerprint density at radius 2 is 1.75 bits per heavy atom. The van der Waals surface area contributed by atoms with Crippen LogP contribution in [0.5, 0.6) is 0 Å². The van der Waals surface area contributed by atoms with E-state index in [-0.39, 0.29) is 57.5 Å². The smallest absolute Gasteiger partial charge is 0.308 e. The summed E-state index contributed by atoms with van der Waals surface area (Å²) in [5.41, 5.74) is 4.24. The SMILES string of the molecule is C=C/C=C(\C=C/C)c1c(C(=O)Nc2ccccc2)c(C(C)C)n(CC[C@@H](O)C[C@@H](O)CC(=O)OCCCOCC(O[N+](=O)[O-])C(C)ON=O)c1-c1ccc(F)cc1. The quantitative estimate of drug-likeness (QED) is 0.0194. The topological polar surface area (TPSA) is 201 Å². The number of aliphatic hydroxyl groups is 2. The van der Waals surface area contributed by atoms with Crippen molar-refractivity contribution in [2.24, 2.45) is 5.34 Å². The normalized spacial score (nSPS) is 13.8. The number of carbonyl (C=O) groups excluding carboxylic acids is 2. The van der Waals surface area contributed by atoms with Gasteiger partial charge >= 0.3 is 5.97 Å². The number of para-hydroxylation sites is 1. The van der Waals surface area contributed by atoms with Crippen LogP contribution < -0.4 is 5.32 Å². The predicted octanol–water partition coefficient (Wildman–Crippen LogP) is 7.32. The molecule has 3 rings (SSSR count). The third kappa shape index (κ3) is 14.1. The maximum Gasteiger partial charge on any atom is 0.308 e. The van der Waals surface area contributed by atoms with E-state index in [0.717, 1.165) is 0 Å².